The molecular weight excluding hydrogens is 358 g/mol. The molecule has 0 saturated heterocycles. The van der Waals surface area contributed by atoms with Crippen LogP contribution >= 0.6 is 11.8 Å². The molecule has 1 amide bonds. The molecular formula is C22H27NO3S. The summed E-state index contributed by atoms with van der Waals surface area (Å²) in [6.07, 6.45) is -0.849. The fourth-order valence-electron chi connectivity index (χ4n) is 2.83. The largest absolute Gasteiger partial charge is 0.452 e. The number of thioether (sulfide) groups is 1. The summed E-state index contributed by atoms with van der Waals surface area (Å²) in [5.74, 6) is -0.560. The third-order valence-electron chi connectivity index (χ3n) is 4.44. The zero-order valence-electron chi connectivity index (χ0n) is 16.8. The van der Waals surface area contributed by atoms with Gasteiger partial charge in [-0.1, -0.05) is 23.8 Å². The van der Waals surface area contributed by atoms with Gasteiger partial charge in [0.2, 0.25) is 0 Å². The first-order chi connectivity index (χ1) is 12.7. The minimum absolute atomic E-state index is 0.169. The van der Waals surface area contributed by atoms with Crippen molar-refractivity contribution in [3.05, 3.63) is 58.1 Å². The summed E-state index contributed by atoms with van der Waals surface area (Å²) in [7, 11) is 0. The van der Waals surface area contributed by atoms with Crippen molar-refractivity contribution in [3.8, 4) is 0 Å². The van der Waals surface area contributed by atoms with Crippen LogP contribution in [0.5, 0.6) is 0 Å². The maximum absolute atomic E-state index is 12.4. The van der Waals surface area contributed by atoms with E-state index in [4.69, 9.17) is 4.74 Å². The average Bonchev–Trinajstić information content (AvgIpc) is 2.58. The van der Waals surface area contributed by atoms with Crippen LogP contribution < -0.4 is 5.32 Å². The number of amides is 1. The second kappa shape index (κ2) is 9.09. The molecule has 0 fully saturated rings. The van der Waals surface area contributed by atoms with Crippen molar-refractivity contribution in [1.29, 1.82) is 0 Å². The highest BCUT2D eigenvalue weighted by molar-refractivity contribution is 8.00. The van der Waals surface area contributed by atoms with Crippen LogP contribution in [0.15, 0.2) is 35.2 Å². The number of aryl methyl sites for hydroxylation is 5. The van der Waals surface area contributed by atoms with Gasteiger partial charge in [-0.3, -0.25) is 9.59 Å². The van der Waals surface area contributed by atoms with E-state index in [1.165, 1.54) is 22.9 Å². The summed E-state index contributed by atoms with van der Waals surface area (Å²) in [6.45, 7) is 11.6. The van der Waals surface area contributed by atoms with Crippen molar-refractivity contribution < 1.29 is 14.3 Å². The summed E-state index contributed by atoms with van der Waals surface area (Å²) in [4.78, 5) is 25.5. The molecule has 1 N–H and O–H groups in total. The van der Waals surface area contributed by atoms with Gasteiger partial charge in [0.1, 0.15) is 0 Å². The maximum Gasteiger partial charge on any atom is 0.317 e. The highest BCUT2D eigenvalue weighted by Crippen LogP contribution is 2.23. The number of rotatable bonds is 6. The molecule has 0 aliphatic carbocycles. The molecule has 2 aromatic rings. The van der Waals surface area contributed by atoms with Crippen LogP contribution in [0.3, 0.4) is 0 Å². The lowest BCUT2D eigenvalue weighted by atomic mass is 10.0. The van der Waals surface area contributed by atoms with E-state index in [-0.39, 0.29) is 11.7 Å². The highest BCUT2D eigenvalue weighted by atomic mass is 32.2. The van der Waals surface area contributed by atoms with Gasteiger partial charge in [0, 0.05) is 10.6 Å². The molecule has 1 atom stereocenters. The molecule has 0 saturated carbocycles. The van der Waals surface area contributed by atoms with Crippen molar-refractivity contribution >= 4 is 29.3 Å². The number of hydrogen-bond donors (Lipinski definition) is 1. The zero-order valence-corrected chi connectivity index (χ0v) is 17.6. The first-order valence-corrected chi connectivity index (χ1v) is 9.94. The predicted octanol–water partition coefficient (Wildman–Crippen LogP) is 4.89. The van der Waals surface area contributed by atoms with Gasteiger partial charge in [0.05, 0.1) is 5.75 Å². The van der Waals surface area contributed by atoms with Crippen LogP contribution in [-0.4, -0.2) is 23.7 Å². The molecule has 0 aliphatic rings. The number of benzene rings is 2. The Morgan fingerprint density at radius 1 is 0.963 bits per heavy atom. The monoisotopic (exact) mass is 385 g/mol. The minimum Gasteiger partial charge on any atom is -0.452 e. The van der Waals surface area contributed by atoms with E-state index in [2.05, 4.69) is 12.2 Å². The van der Waals surface area contributed by atoms with E-state index in [9.17, 15) is 9.59 Å². The molecule has 0 unspecified atom stereocenters. The van der Waals surface area contributed by atoms with Crippen LogP contribution in [0.25, 0.3) is 0 Å². The molecule has 0 spiro atoms. The zero-order chi connectivity index (χ0) is 20.1. The summed E-state index contributed by atoms with van der Waals surface area (Å²) >= 11 is 1.41. The Bertz CT molecular complexity index is 838. The quantitative estimate of drug-likeness (QED) is 0.568. The lowest BCUT2D eigenvalue weighted by molar-refractivity contribution is -0.150. The van der Waals surface area contributed by atoms with Crippen LogP contribution in [0, 0.1) is 34.6 Å². The Hall–Kier alpha value is -2.27. The van der Waals surface area contributed by atoms with Gasteiger partial charge >= 0.3 is 5.97 Å². The van der Waals surface area contributed by atoms with Crippen molar-refractivity contribution in [2.24, 2.45) is 0 Å². The second-order valence-electron chi connectivity index (χ2n) is 6.93. The molecule has 144 valence electrons. The number of hydrogen-bond acceptors (Lipinski definition) is 4. The second-order valence-corrected chi connectivity index (χ2v) is 7.98. The molecule has 0 radical (unpaired) electrons. The topological polar surface area (TPSA) is 55.4 Å². The molecule has 2 aromatic carbocycles. The summed E-state index contributed by atoms with van der Waals surface area (Å²) in [5.41, 5.74) is 6.30. The number of carbonyl (C=O) groups is 2. The van der Waals surface area contributed by atoms with Gasteiger partial charge in [-0.15, -0.1) is 11.8 Å². The van der Waals surface area contributed by atoms with Gasteiger partial charge in [0.15, 0.2) is 6.10 Å². The summed E-state index contributed by atoms with van der Waals surface area (Å²) in [6, 6.07) is 10.1. The van der Waals surface area contributed by atoms with Crippen LogP contribution in [0.4, 0.5) is 5.69 Å². The smallest absolute Gasteiger partial charge is 0.317 e. The Balaban J connectivity index is 1.90. The molecule has 0 aromatic heterocycles. The van der Waals surface area contributed by atoms with Crippen molar-refractivity contribution in [1.82, 2.24) is 0 Å². The molecule has 5 heteroatoms. The van der Waals surface area contributed by atoms with Crippen LogP contribution in [0.2, 0.25) is 0 Å². The average molecular weight is 386 g/mol. The Labute approximate surface area is 165 Å². The van der Waals surface area contributed by atoms with Crippen molar-refractivity contribution in [3.63, 3.8) is 0 Å². The predicted molar refractivity (Wildman–Crippen MR) is 111 cm³/mol. The van der Waals surface area contributed by atoms with Crippen LogP contribution in [-0.2, 0) is 14.3 Å². The van der Waals surface area contributed by atoms with Crippen molar-refractivity contribution in [2.45, 2.75) is 52.5 Å². The Morgan fingerprint density at radius 2 is 1.59 bits per heavy atom. The minimum atomic E-state index is -0.849. The SMILES string of the molecule is Cc1cc(C)c(NC(=O)[C@@H](C)OC(=O)CSc2ccc(C)c(C)c2)c(C)c1. The van der Waals surface area contributed by atoms with Crippen LogP contribution in [0.1, 0.15) is 34.7 Å². The van der Waals surface area contributed by atoms with Gasteiger partial charge in [-0.25, -0.2) is 0 Å². The first kappa shape index (κ1) is 21.0. The molecule has 0 bridgehead atoms. The van der Waals surface area contributed by atoms with Gasteiger partial charge < -0.3 is 10.1 Å². The van der Waals surface area contributed by atoms with Gasteiger partial charge in [-0.05, 0) is 75.9 Å². The highest BCUT2D eigenvalue weighted by Gasteiger charge is 2.19. The van der Waals surface area contributed by atoms with Gasteiger partial charge in [0.25, 0.3) is 5.91 Å². The number of ether oxygens (including phenoxy) is 1. The lowest BCUT2D eigenvalue weighted by Crippen LogP contribution is -2.31. The first-order valence-electron chi connectivity index (χ1n) is 8.95. The third-order valence-corrected chi connectivity index (χ3v) is 5.41. The number of esters is 1. The summed E-state index contributed by atoms with van der Waals surface area (Å²) in [5, 5.41) is 2.88. The molecule has 27 heavy (non-hydrogen) atoms. The third kappa shape index (κ3) is 5.86. The Morgan fingerprint density at radius 3 is 2.19 bits per heavy atom. The van der Waals surface area contributed by atoms with Crippen molar-refractivity contribution in [2.75, 3.05) is 11.1 Å². The van der Waals surface area contributed by atoms with Gasteiger partial charge in [-0.2, -0.15) is 0 Å². The molecule has 0 aliphatic heterocycles. The number of nitrogens with one attached hydrogen (secondary N) is 1. The fraction of sp³-hybridized carbons (Fsp3) is 0.364. The molecule has 2 rings (SSSR count). The van der Waals surface area contributed by atoms with E-state index in [1.807, 2.05) is 58.0 Å². The number of anilines is 1. The standard InChI is InChI=1S/C22H27NO3S/c1-13-9-16(4)21(17(5)10-13)23-22(25)18(6)26-20(24)12-27-19-8-7-14(2)15(3)11-19/h7-11,18H,12H2,1-6H3,(H,23,25)/t18-/m1/s1. The maximum atomic E-state index is 12.4. The molecule has 0 heterocycles. The van der Waals surface area contributed by atoms with E-state index >= 15 is 0 Å². The lowest BCUT2D eigenvalue weighted by Gasteiger charge is -2.17. The number of carbonyl (C=O) groups excluding carboxylic acids is 2. The molecule has 4 nitrogen and oxygen atoms in total. The normalized spacial score (nSPS) is 11.8. The van der Waals surface area contributed by atoms with E-state index in [0.717, 1.165) is 27.3 Å². The fourth-order valence-corrected chi connectivity index (χ4v) is 3.61. The van der Waals surface area contributed by atoms with E-state index < -0.39 is 12.1 Å². The van der Waals surface area contributed by atoms with E-state index in [1.54, 1.807) is 6.92 Å². The Kier molecular flexibility index (Phi) is 7.08. The van der Waals surface area contributed by atoms with E-state index in [0.29, 0.717) is 0 Å². The summed E-state index contributed by atoms with van der Waals surface area (Å²) < 4.78 is 5.29.